The monoisotopic (exact) mass is 237 g/mol. The maximum atomic E-state index is 7.45. The molecule has 16 heavy (non-hydrogen) atoms. The molecule has 0 atom stereocenters. The van der Waals surface area contributed by atoms with E-state index in [1.807, 2.05) is 19.1 Å². The number of aromatic nitrogens is 1. The highest BCUT2D eigenvalue weighted by atomic mass is 32.1. The number of guanidine groups is 1. The molecule has 0 amide bonds. The summed E-state index contributed by atoms with van der Waals surface area (Å²) >= 11 is 5.06. The molecule has 0 aromatic carbocycles. The zero-order valence-corrected chi connectivity index (χ0v) is 10.1. The summed E-state index contributed by atoms with van der Waals surface area (Å²) in [6, 6.07) is 3.83. The standard InChI is InChI=1S/C10H15N5S/c1-7-4-3-5-14-8(7)6-15(9(11)12)10(16)13-2/h3-5H,6H2,1-2H3,(H3,11,12)(H,13,16). The van der Waals surface area contributed by atoms with Gasteiger partial charge >= 0.3 is 0 Å². The van der Waals surface area contributed by atoms with Crippen molar-refractivity contribution in [3.8, 4) is 0 Å². The summed E-state index contributed by atoms with van der Waals surface area (Å²) in [5.74, 6) is -0.0931. The van der Waals surface area contributed by atoms with Crippen LogP contribution in [0.2, 0.25) is 0 Å². The number of aryl methyl sites for hydroxylation is 1. The second kappa shape index (κ2) is 5.41. The zero-order valence-electron chi connectivity index (χ0n) is 9.32. The average Bonchev–Trinajstić information content (AvgIpc) is 2.26. The van der Waals surface area contributed by atoms with E-state index in [1.165, 1.54) is 4.90 Å². The third-order valence-electron chi connectivity index (χ3n) is 2.18. The predicted molar refractivity (Wildman–Crippen MR) is 68.1 cm³/mol. The van der Waals surface area contributed by atoms with Crippen LogP contribution in [0.4, 0.5) is 0 Å². The van der Waals surface area contributed by atoms with E-state index in [-0.39, 0.29) is 5.96 Å². The Labute approximate surface area is 100 Å². The first-order chi connectivity index (χ1) is 7.56. The summed E-state index contributed by atoms with van der Waals surface area (Å²) in [4.78, 5) is 5.73. The second-order valence-electron chi connectivity index (χ2n) is 3.29. The molecule has 0 unspecified atom stereocenters. The molecule has 0 fully saturated rings. The summed E-state index contributed by atoms with van der Waals surface area (Å²) in [5, 5.41) is 10.7. The van der Waals surface area contributed by atoms with Crippen molar-refractivity contribution in [3.63, 3.8) is 0 Å². The van der Waals surface area contributed by atoms with Gasteiger partial charge in [-0.3, -0.25) is 15.3 Å². The topological polar surface area (TPSA) is 78.0 Å². The van der Waals surface area contributed by atoms with E-state index >= 15 is 0 Å². The average molecular weight is 237 g/mol. The van der Waals surface area contributed by atoms with E-state index in [0.29, 0.717) is 11.7 Å². The predicted octanol–water partition coefficient (Wildman–Crippen LogP) is 0.590. The minimum atomic E-state index is -0.0931. The molecule has 6 heteroatoms. The number of rotatable bonds is 2. The van der Waals surface area contributed by atoms with Crippen LogP contribution in [0.1, 0.15) is 11.3 Å². The van der Waals surface area contributed by atoms with Gasteiger partial charge in [0.25, 0.3) is 0 Å². The van der Waals surface area contributed by atoms with Gasteiger partial charge in [0, 0.05) is 13.2 Å². The van der Waals surface area contributed by atoms with E-state index in [9.17, 15) is 0 Å². The van der Waals surface area contributed by atoms with E-state index in [1.54, 1.807) is 13.2 Å². The number of nitrogens with one attached hydrogen (secondary N) is 2. The Morgan fingerprint density at radius 1 is 1.69 bits per heavy atom. The van der Waals surface area contributed by atoms with Gasteiger partial charge in [0.1, 0.15) is 0 Å². The van der Waals surface area contributed by atoms with Crippen LogP contribution in [0, 0.1) is 12.3 Å². The second-order valence-corrected chi connectivity index (χ2v) is 3.68. The molecule has 0 aliphatic carbocycles. The summed E-state index contributed by atoms with van der Waals surface area (Å²) in [5.41, 5.74) is 7.37. The summed E-state index contributed by atoms with van der Waals surface area (Å²) < 4.78 is 0. The van der Waals surface area contributed by atoms with Gasteiger partial charge < -0.3 is 11.1 Å². The molecule has 86 valence electrons. The molecule has 0 radical (unpaired) electrons. The summed E-state index contributed by atoms with van der Waals surface area (Å²) in [6.45, 7) is 2.37. The Morgan fingerprint density at radius 2 is 2.38 bits per heavy atom. The van der Waals surface area contributed by atoms with Crippen molar-refractivity contribution >= 4 is 23.3 Å². The Morgan fingerprint density at radius 3 is 2.88 bits per heavy atom. The molecule has 0 saturated carbocycles. The number of nitrogens with two attached hydrogens (primary N) is 1. The van der Waals surface area contributed by atoms with Crippen LogP contribution >= 0.6 is 12.2 Å². The number of hydrogen-bond acceptors (Lipinski definition) is 3. The number of hydrogen-bond donors (Lipinski definition) is 3. The van der Waals surface area contributed by atoms with Crippen molar-refractivity contribution in [2.24, 2.45) is 5.73 Å². The van der Waals surface area contributed by atoms with Gasteiger partial charge in [0.05, 0.1) is 12.2 Å². The molecule has 1 heterocycles. The third kappa shape index (κ3) is 2.90. The first kappa shape index (κ1) is 12.4. The van der Waals surface area contributed by atoms with Crippen LogP contribution < -0.4 is 11.1 Å². The SMILES string of the molecule is CNC(=S)N(Cc1ncccc1C)C(=N)N. The van der Waals surface area contributed by atoms with E-state index in [4.69, 9.17) is 23.4 Å². The molecule has 5 nitrogen and oxygen atoms in total. The summed E-state index contributed by atoms with van der Waals surface area (Å²) in [7, 11) is 1.70. The molecule has 1 aromatic rings. The largest absolute Gasteiger partial charge is 0.370 e. The maximum Gasteiger partial charge on any atom is 0.195 e. The molecule has 0 bridgehead atoms. The normalized spacial score (nSPS) is 9.62. The van der Waals surface area contributed by atoms with Crippen LogP contribution in [-0.4, -0.2) is 28.0 Å². The van der Waals surface area contributed by atoms with Crippen LogP contribution in [0.15, 0.2) is 18.3 Å². The first-order valence-corrected chi connectivity index (χ1v) is 5.21. The molecule has 0 aliphatic rings. The lowest BCUT2D eigenvalue weighted by molar-refractivity contribution is 0.571. The Kier molecular flexibility index (Phi) is 4.19. The lowest BCUT2D eigenvalue weighted by atomic mass is 10.2. The van der Waals surface area contributed by atoms with Crippen LogP contribution in [-0.2, 0) is 6.54 Å². The first-order valence-electron chi connectivity index (χ1n) is 4.80. The molecule has 1 aromatic heterocycles. The smallest absolute Gasteiger partial charge is 0.195 e. The van der Waals surface area contributed by atoms with Gasteiger partial charge in [0.15, 0.2) is 11.1 Å². The van der Waals surface area contributed by atoms with Gasteiger partial charge in [-0.25, -0.2) is 0 Å². The molecule has 1 rings (SSSR count). The summed E-state index contributed by atoms with van der Waals surface area (Å²) in [6.07, 6.45) is 1.71. The van der Waals surface area contributed by atoms with Crippen molar-refractivity contribution in [2.75, 3.05) is 7.05 Å². The molecular weight excluding hydrogens is 222 g/mol. The van der Waals surface area contributed by atoms with Gasteiger partial charge in [-0.15, -0.1) is 0 Å². The van der Waals surface area contributed by atoms with Crippen molar-refractivity contribution in [1.29, 1.82) is 5.41 Å². The van der Waals surface area contributed by atoms with E-state index in [0.717, 1.165) is 11.3 Å². The fourth-order valence-corrected chi connectivity index (χ4v) is 1.40. The van der Waals surface area contributed by atoms with Crippen LogP contribution in [0.5, 0.6) is 0 Å². The van der Waals surface area contributed by atoms with Gasteiger partial charge in [0.2, 0.25) is 0 Å². The van der Waals surface area contributed by atoms with Crippen molar-refractivity contribution in [3.05, 3.63) is 29.6 Å². The molecule has 0 saturated heterocycles. The molecule has 0 aliphatic heterocycles. The van der Waals surface area contributed by atoms with Crippen molar-refractivity contribution in [2.45, 2.75) is 13.5 Å². The van der Waals surface area contributed by atoms with E-state index < -0.39 is 0 Å². The number of thiocarbonyl (C=S) groups is 1. The lowest BCUT2D eigenvalue weighted by Gasteiger charge is -2.22. The minimum absolute atomic E-state index is 0.0931. The van der Waals surface area contributed by atoms with Gasteiger partial charge in [-0.2, -0.15) is 0 Å². The van der Waals surface area contributed by atoms with Crippen molar-refractivity contribution < 1.29 is 0 Å². The number of nitrogens with zero attached hydrogens (tertiary/aromatic N) is 2. The fourth-order valence-electron chi connectivity index (χ4n) is 1.24. The Bertz CT molecular complexity index is 404. The Balaban J connectivity index is 2.88. The third-order valence-corrected chi connectivity index (χ3v) is 2.60. The van der Waals surface area contributed by atoms with Crippen molar-refractivity contribution in [1.82, 2.24) is 15.2 Å². The van der Waals surface area contributed by atoms with Gasteiger partial charge in [-0.05, 0) is 30.8 Å². The zero-order chi connectivity index (χ0) is 12.1. The van der Waals surface area contributed by atoms with Gasteiger partial charge in [-0.1, -0.05) is 6.07 Å². The Hall–Kier alpha value is -1.69. The van der Waals surface area contributed by atoms with Crippen LogP contribution in [0.25, 0.3) is 0 Å². The van der Waals surface area contributed by atoms with Crippen LogP contribution in [0.3, 0.4) is 0 Å². The lowest BCUT2D eigenvalue weighted by Crippen LogP contribution is -2.45. The minimum Gasteiger partial charge on any atom is -0.370 e. The molecular formula is C10H15N5S. The number of pyridine rings is 1. The van der Waals surface area contributed by atoms with E-state index in [2.05, 4.69) is 10.3 Å². The highest BCUT2D eigenvalue weighted by Crippen LogP contribution is 2.07. The highest BCUT2D eigenvalue weighted by molar-refractivity contribution is 7.80. The molecule has 4 N–H and O–H groups in total. The quantitative estimate of drug-likeness (QED) is 0.398. The molecule has 0 spiro atoms. The highest BCUT2D eigenvalue weighted by Gasteiger charge is 2.13. The maximum absolute atomic E-state index is 7.45. The fraction of sp³-hybridized carbons (Fsp3) is 0.300.